The molecule has 2 aromatic rings. The lowest BCUT2D eigenvalue weighted by molar-refractivity contribution is 0.102. The largest absolute Gasteiger partial charge is 0.296 e. The van der Waals surface area contributed by atoms with Crippen molar-refractivity contribution in [3.8, 4) is 0 Å². The molecule has 0 saturated carbocycles. The molecule has 1 aromatic carbocycles. The van der Waals surface area contributed by atoms with E-state index in [0.717, 1.165) is 15.0 Å². The van der Waals surface area contributed by atoms with Gasteiger partial charge in [0.25, 0.3) is 5.91 Å². The van der Waals surface area contributed by atoms with Gasteiger partial charge in [-0.1, -0.05) is 55.2 Å². The number of hydrogen-bond acceptors (Lipinski definition) is 6. The number of hydrogen-bond donors (Lipinski definition) is 1. The molecule has 0 saturated heterocycles. The van der Waals surface area contributed by atoms with Crippen molar-refractivity contribution < 1.29 is 4.79 Å². The highest BCUT2D eigenvalue weighted by Crippen LogP contribution is 2.29. The molecule has 0 spiro atoms. The van der Waals surface area contributed by atoms with Crippen LogP contribution in [0.1, 0.15) is 24.2 Å². The van der Waals surface area contributed by atoms with Crippen LogP contribution in [0.2, 0.25) is 0 Å². The van der Waals surface area contributed by atoms with E-state index in [1.165, 1.54) is 11.3 Å². The van der Waals surface area contributed by atoms with Crippen molar-refractivity contribution in [1.82, 2.24) is 10.2 Å². The van der Waals surface area contributed by atoms with Crippen molar-refractivity contribution in [1.29, 1.82) is 0 Å². The Bertz CT molecular complexity index is 655. The molecule has 22 heavy (non-hydrogen) atoms. The third-order valence-electron chi connectivity index (χ3n) is 2.45. The van der Waals surface area contributed by atoms with Gasteiger partial charge in [-0.2, -0.15) is 0 Å². The lowest BCUT2D eigenvalue weighted by Gasteiger charge is -2.10. The van der Waals surface area contributed by atoms with Crippen molar-refractivity contribution in [3.63, 3.8) is 0 Å². The molecule has 0 fully saturated rings. The minimum absolute atomic E-state index is 0.153. The summed E-state index contributed by atoms with van der Waals surface area (Å²) < 4.78 is 0.819. The van der Waals surface area contributed by atoms with E-state index < -0.39 is 0 Å². The predicted octanol–water partition coefficient (Wildman–Crippen LogP) is 4.57. The van der Waals surface area contributed by atoms with Crippen molar-refractivity contribution in [2.45, 2.75) is 28.3 Å². The minimum atomic E-state index is -0.153. The zero-order valence-electron chi connectivity index (χ0n) is 12.4. The van der Waals surface area contributed by atoms with Crippen LogP contribution in [0.25, 0.3) is 0 Å². The average Bonchev–Trinajstić information content (AvgIpc) is 2.92. The fourth-order valence-electron chi connectivity index (χ4n) is 1.62. The standard InChI is InChI=1S/C15H17N3OS3/c1-4-9-20-15-18-17-14(22-15)16-13(19)11-7-5-6-8-12(11)21-10(2)3/h4-8,10H,1,9H2,2-3H3,(H,16,17,19). The molecular weight excluding hydrogens is 334 g/mol. The van der Waals surface area contributed by atoms with E-state index in [-0.39, 0.29) is 5.91 Å². The van der Waals surface area contributed by atoms with Crippen LogP contribution >= 0.6 is 34.9 Å². The second kappa shape index (κ2) is 8.36. The predicted molar refractivity (Wildman–Crippen MR) is 96.2 cm³/mol. The zero-order chi connectivity index (χ0) is 15.9. The Hall–Kier alpha value is -1.31. The van der Waals surface area contributed by atoms with E-state index in [1.54, 1.807) is 23.5 Å². The van der Waals surface area contributed by atoms with Crippen molar-refractivity contribution in [3.05, 3.63) is 42.5 Å². The quantitative estimate of drug-likeness (QED) is 0.450. The molecular formula is C15H17N3OS3. The van der Waals surface area contributed by atoms with E-state index in [9.17, 15) is 4.79 Å². The van der Waals surface area contributed by atoms with Crippen LogP contribution in [-0.2, 0) is 0 Å². The van der Waals surface area contributed by atoms with Gasteiger partial charge in [0.05, 0.1) is 5.56 Å². The molecule has 4 nitrogen and oxygen atoms in total. The normalized spacial score (nSPS) is 10.7. The number of thioether (sulfide) groups is 2. The Balaban J connectivity index is 2.09. The topological polar surface area (TPSA) is 54.9 Å². The first-order chi connectivity index (χ1) is 10.6. The van der Waals surface area contributed by atoms with Crippen molar-refractivity contribution >= 4 is 45.9 Å². The van der Waals surface area contributed by atoms with Gasteiger partial charge >= 0.3 is 0 Å². The number of carbonyl (C=O) groups is 1. The number of carbonyl (C=O) groups excluding carboxylic acids is 1. The fourth-order valence-corrected chi connectivity index (χ4v) is 4.08. The van der Waals surface area contributed by atoms with Gasteiger partial charge in [-0.05, 0) is 12.1 Å². The second-order valence-electron chi connectivity index (χ2n) is 4.59. The molecule has 2 rings (SSSR count). The molecule has 1 N–H and O–H groups in total. The van der Waals surface area contributed by atoms with Crippen LogP contribution in [0.5, 0.6) is 0 Å². The van der Waals surface area contributed by atoms with Crippen LogP contribution in [0, 0.1) is 0 Å². The number of anilines is 1. The highest BCUT2D eigenvalue weighted by Gasteiger charge is 2.14. The second-order valence-corrected chi connectivity index (χ2v) is 8.45. The molecule has 0 unspecified atom stereocenters. The number of nitrogens with one attached hydrogen (secondary N) is 1. The first-order valence-electron chi connectivity index (χ1n) is 6.74. The highest BCUT2D eigenvalue weighted by molar-refractivity contribution is 8.01. The SMILES string of the molecule is C=CCSc1nnc(NC(=O)c2ccccc2SC(C)C)s1. The van der Waals surface area contributed by atoms with Gasteiger partial charge in [-0.15, -0.1) is 28.5 Å². The van der Waals surface area contributed by atoms with Gasteiger partial charge in [0.15, 0.2) is 4.34 Å². The molecule has 0 bridgehead atoms. The Labute approximate surface area is 142 Å². The average molecular weight is 352 g/mol. The molecule has 1 aromatic heterocycles. The zero-order valence-corrected chi connectivity index (χ0v) is 14.9. The minimum Gasteiger partial charge on any atom is -0.296 e. The van der Waals surface area contributed by atoms with E-state index in [1.807, 2.05) is 30.3 Å². The third kappa shape index (κ3) is 4.86. The number of amides is 1. The van der Waals surface area contributed by atoms with E-state index in [0.29, 0.717) is 15.9 Å². The molecule has 1 heterocycles. The Morgan fingerprint density at radius 1 is 1.41 bits per heavy atom. The molecule has 0 atom stereocenters. The van der Waals surface area contributed by atoms with Crippen molar-refractivity contribution in [2.24, 2.45) is 0 Å². The first-order valence-corrected chi connectivity index (χ1v) is 9.42. The van der Waals surface area contributed by atoms with E-state index in [2.05, 4.69) is 35.9 Å². The van der Waals surface area contributed by atoms with Crippen LogP contribution in [0.3, 0.4) is 0 Å². The Morgan fingerprint density at radius 3 is 2.91 bits per heavy atom. The lowest BCUT2D eigenvalue weighted by atomic mass is 10.2. The smallest absolute Gasteiger partial charge is 0.258 e. The van der Waals surface area contributed by atoms with Crippen LogP contribution in [-0.4, -0.2) is 27.1 Å². The Kier molecular flexibility index (Phi) is 6.48. The third-order valence-corrected chi connectivity index (χ3v) is 5.50. The summed E-state index contributed by atoms with van der Waals surface area (Å²) in [5.74, 6) is 0.622. The van der Waals surface area contributed by atoms with Gasteiger partial charge in [-0.25, -0.2) is 0 Å². The lowest BCUT2D eigenvalue weighted by Crippen LogP contribution is -2.13. The summed E-state index contributed by atoms with van der Waals surface area (Å²) in [4.78, 5) is 13.4. The van der Waals surface area contributed by atoms with Gasteiger partial charge in [0.1, 0.15) is 0 Å². The summed E-state index contributed by atoms with van der Waals surface area (Å²) in [7, 11) is 0. The Morgan fingerprint density at radius 2 is 2.18 bits per heavy atom. The number of benzene rings is 1. The van der Waals surface area contributed by atoms with Crippen molar-refractivity contribution in [2.75, 3.05) is 11.1 Å². The first kappa shape index (κ1) is 17.1. The van der Waals surface area contributed by atoms with Crippen LogP contribution in [0.15, 0.2) is 46.2 Å². The summed E-state index contributed by atoms with van der Waals surface area (Å²) in [6.07, 6.45) is 1.81. The maximum Gasteiger partial charge on any atom is 0.258 e. The van der Waals surface area contributed by atoms with E-state index in [4.69, 9.17) is 0 Å². The fraction of sp³-hybridized carbons (Fsp3) is 0.267. The highest BCUT2D eigenvalue weighted by atomic mass is 32.2. The van der Waals surface area contributed by atoms with Crippen LogP contribution < -0.4 is 5.32 Å². The molecule has 1 amide bonds. The summed E-state index contributed by atoms with van der Waals surface area (Å²) in [5.41, 5.74) is 0.664. The maximum absolute atomic E-state index is 12.4. The van der Waals surface area contributed by atoms with Gasteiger partial charge < -0.3 is 0 Å². The molecule has 116 valence electrons. The number of aromatic nitrogens is 2. The molecule has 0 aliphatic heterocycles. The van der Waals surface area contributed by atoms with Crippen LogP contribution in [0.4, 0.5) is 5.13 Å². The van der Waals surface area contributed by atoms with Gasteiger partial charge in [-0.3, -0.25) is 10.1 Å². The maximum atomic E-state index is 12.4. The van der Waals surface area contributed by atoms with Gasteiger partial charge in [0.2, 0.25) is 5.13 Å². The monoisotopic (exact) mass is 351 g/mol. The number of nitrogens with zero attached hydrogens (tertiary/aromatic N) is 2. The molecule has 0 aliphatic rings. The summed E-state index contributed by atoms with van der Waals surface area (Å²) >= 11 is 4.59. The van der Waals surface area contributed by atoms with E-state index >= 15 is 0 Å². The van der Waals surface area contributed by atoms with Gasteiger partial charge in [0, 0.05) is 15.9 Å². The number of rotatable bonds is 7. The molecule has 0 aliphatic carbocycles. The molecule has 0 radical (unpaired) electrons. The molecule has 7 heteroatoms. The summed E-state index contributed by atoms with van der Waals surface area (Å²) in [6, 6.07) is 7.60. The summed E-state index contributed by atoms with van der Waals surface area (Å²) in [6.45, 7) is 7.88. The summed E-state index contributed by atoms with van der Waals surface area (Å²) in [5, 5.41) is 11.8.